The normalized spacial score (nSPS) is 12.2. The minimum atomic E-state index is -3.94. The largest absolute Gasteiger partial charge is 0.346 e. The first kappa shape index (κ1) is 12.4. The molecule has 3 nitrogen and oxygen atoms in total. The number of aryl methyl sites for hydroxylation is 1. The van der Waals surface area contributed by atoms with Crippen LogP contribution in [0.25, 0.3) is 10.9 Å². The van der Waals surface area contributed by atoms with Crippen LogP contribution in [0.2, 0.25) is 0 Å². The smallest absolute Gasteiger partial charge is 0.263 e. The monoisotopic (exact) mass is 275 g/mol. The lowest BCUT2D eigenvalue weighted by atomic mass is 10.2. The molecular weight excluding hydrogens is 265 g/mol. The maximum Gasteiger partial charge on any atom is 0.263 e. The maximum absolute atomic E-state index is 13.7. The first-order chi connectivity index (χ1) is 7.95. The number of fused-ring (bicyclic) bond motifs is 1. The van der Waals surface area contributed by atoms with Crippen molar-refractivity contribution in [2.24, 2.45) is 0 Å². The van der Waals surface area contributed by atoms with Crippen LogP contribution in [-0.4, -0.2) is 13.0 Å². The van der Waals surface area contributed by atoms with Crippen molar-refractivity contribution in [3.8, 4) is 0 Å². The van der Waals surface area contributed by atoms with E-state index in [9.17, 15) is 12.8 Å². The van der Waals surface area contributed by atoms with Gasteiger partial charge in [0, 0.05) is 23.4 Å². The number of hydrogen-bond acceptors (Lipinski definition) is 2. The Balaban J connectivity index is 2.86. The van der Waals surface area contributed by atoms with Gasteiger partial charge < -0.3 is 4.57 Å². The molecule has 0 radical (unpaired) electrons. The molecule has 92 valence electrons. The second-order valence-corrected chi connectivity index (χ2v) is 6.29. The van der Waals surface area contributed by atoms with Crippen LogP contribution < -0.4 is 0 Å². The SMILES string of the molecule is CCCn1cc(S(=O)(=O)Cl)c2c(F)cccc21. The molecule has 0 spiro atoms. The molecule has 0 unspecified atom stereocenters. The molecule has 0 saturated carbocycles. The summed E-state index contributed by atoms with van der Waals surface area (Å²) in [5.41, 5.74) is 0.547. The van der Waals surface area contributed by atoms with E-state index in [1.165, 1.54) is 12.3 Å². The summed E-state index contributed by atoms with van der Waals surface area (Å²) >= 11 is 0. The van der Waals surface area contributed by atoms with Gasteiger partial charge in [-0.1, -0.05) is 13.0 Å². The molecule has 0 atom stereocenters. The summed E-state index contributed by atoms with van der Waals surface area (Å²) in [5.74, 6) is -0.573. The van der Waals surface area contributed by atoms with Crippen LogP contribution in [0, 0.1) is 5.82 Å². The van der Waals surface area contributed by atoms with Gasteiger partial charge in [0.05, 0.1) is 10.9 Å². The first-order valence-electron chi connectivity index (χ1n) is 5.17. The van der Waals surface area contributed by atoms with Crippen LogP contribution in [0.5, 0.6) is 0 Å². The van der Waals surface area contributed by atoms with Gasteiger partial charge in [-0.25, -0.2) is 12.8 Å². The van der Waals surface area contributed by atoms with Crippen molar-refractivity contribution in [3.05, 3.63) is 30.2 Å². The van der Waals surface area contributed by atoms with E-state index in [2.05, 4.69) is 0 Å². The van der Waals surface area contributed by atoms with Gasteiger partial charge in [0.25, 0.3) is 9.05 Å². The van der Waals surface area contributed by atoms with Gasteiger partial charge in [0.15, 0.2) is 0 Å². The number of halogens is 2. The summed E-state index contributed by atoms with van der Waals surface area (Å²) in [6, 6.07) is 4.46. The van der Waals surface area contributed by atoms with Gasteiger partial charge in [0.1, 0.15) is 10.7 Å². The molecule has 0 aliphatic carbocycles. The van der Waals surface area contributed by atoms with Crippen molar-refractivity contribution < 1.29 is 12.8 Å². The lowest BCUT2D eigenvalue weighted by Crippen LogP contribution is -1.94. The average Bonchev–Trinajstić information content (AvgIpc) is 2.59. The molecule has 6 heteroatoms. The predicted octanol–water partition coefficient (Wildman–Crippen LogP) is 3.12. The number of nitrogens with zero attached hydrogens (tertiary/aromatic N) is 1. The minimum absolute atomic E-state index is 0.0657. The molecule has 0 aliphatic heterocycles. The van der Waals surface area contributed by atoms with E-state index in [1.807, 2.05) is 6.92 Å². The highest BCUT2D eigenvalue weighted by molar-refractivity contribution is 8.14. The van der Waals surface area contributed by atoms with Gasteiger partial charge >= 0.3 is 0 Å². The Morgan fingerprint density at radius 3 is 2.71 bits per heavy atom. The van der Waals surface area contributed by atoms with Gasteiger partial charge in [0.2, 0.25) is 0 Å². The number of hydrogen-bond donors (Lipinski definition) is 0. The molecule has 1 aromatic heterocycles. The van der Waals surface area contributed by atoms with E-state index in [0.717, 1.165) is 6.42 Å². The van der Waals surface area contributed by atoms with Crippen molar-refractivity contribution >= 4 is 30.6 Å². The summed E-state index contributed by atoms with van der Waals surface area (Å²) in [4.78, 5) is -0.166. The number of benzene rings is 1. The fourth-order valence-corrected chi connectivity index (χ4v) is 2.93. The first-order valence-corrected chi connectivity index (χ1v) is 7.48. The molecule has 1 aromatic carbocycles. The highest BCUT2D eigenvalue weighted by Gasteiger charge is 2.21. The molecule has 0 aliphatic rings. The fraction of sp³-hybridized carbons (Fsp3) is 0.273. The molecular formula is C11H11ClFNO2S. The fourth-order valence-electron chi connectivity index (χ4n) is 1.88. The third-order valence-corrected chi connectivity index (χ3v) is 3.88. The minimum Gasteiger partial charge on any atom is -0.346 e. The summed E-state index contributed by atoms with van der Waals surface area (Å²) < 4.78 is 38.2. The lowest BCUT2D eigenvalue weighted by Gasteiger charge is -2.01. The molecule has 2 rings (SSSR count). The molecule has 17 heavy (non-hydrogen) atoms. The molecule has 0 amide bonds. The summed E-state index contributed by atoms with van der Waals surface area (Å²) in [6.07, 6.45) is 2.21. The van der Waals surface area contributed by atoms with Crippen molar-refractivity contribution in [2.75, 3.05) is 0 Å². The third-order valence-electron chi connectivity index (χ3n) is 2.55. The number of rotatable bonds is 3. The maximum atomic E-state index is 13.7. The van der Waals surface area contributed by atoms with Crippen LogP contribution in [0.3, 0.4) is 0 Å². The predicted molar refractivity (Wildman–Crippen MR) is 65.2 cm³/mol. The van der Waals surface area contributed by atoms with E-state index in [0.29, 0.717) is 12.1 Å². The van der Waals surface area contributed by atoms with Crippen molar-refractivity contribution in [2.45, 2.75) is 24.8 Å². The number of aromatic nitrogens is 1. The molecule has 0 fully saturated rings. The molecule has 0 bridgehead atoms. The Kier molecular flexibility index (Phi) is 3.14. The zero-order chi connectivity index (χ0) is 12.6. The Hall–Kier alpha value is -1.07. The summed E-state index contributed by atoms with van der Waals surface area (Å²) in [5, 5.41) is 0.0657. The zero-order valence-electron chi connectivity index (χ0n) is 9.15. The van der Waals surface area contributed by atoms with Gasteiger partial charge in [-0.15, -0.1) is 0 Å². The molecule has 0 N–H and O–H groups in total. The van der Waals surface area contributed by atoms with Crippen LogP contribution in [-0.2, 0) is 15.6 Å². The Bertz CT molecular complexity index is 663. The van der Waals surface area contributed by atoms with Gasteiger partial charge in [-0.05, 0) is 18.6 Å². The van der Waals surface area contributed by atoms with Crippen LogP contribution in [0.15, 0.2) is 29.3 Å². The van der Waals surface area contributed by atoms with E-state index in [4.69, 9.17) is 10.7 Å². The highest BCUT2D eigenvalue weighted by Crippen LogP contribution is 2.30. The summed E-state index contributed by atoms with van der Waals surface area (Å²) in [6.45, 7) is 2.58. The molecule has 0 saturated heterocycles. The second-order valence-electron chi connectivity index (χ2n) is 3.76. The van der Waals surface area contributed by atoms with Crippen molar-refractivity contribution in [1.29, 1.82) is 0 Å². The standard InChI is InChI=1S/C11H11ClFNO2S/c1-2-6-14-7-10(17(12,15)16)11-8(13)4-3-5-9(11)14/h3-5,7H,2,6H2,1H3. The Labute approximate surface area is 103 Å². The van der Waals surface area contributed by atoms with E-state index in [1.54, 1.807) is 16.7 Å². The van der Waals surface area contributed by atoms with Crippen molar-refractivity contribution in [1.82, 2.24) is 4.57 Å². The topological polar surface area (TPSA) is 39.1 Å². The zero-order valence-corrected chi connectivity index (χ0v) is 10.7. The Morgan fingerprint density at radius 1 is 1.41 bits per heavy atom. The molecule has 2 aromatic rings. The summed E-state index contributed by atoms with van der Waals surface area (Å²) in [7, 11) is 1.38. The third kappa shape index (κ3) is 2.17. The quantitative estimate of drug-likeness (QED) is 0.808. The van der Waals surface area contributed by atoms with E-state index < -0.39 is 14.9 Å². The molecule has 1 heterocycles. The average molecular weight is 276 g/mol. The van der Waals surface area contributed by atoms with Gasteiger partial charge in [-0.3, -0.25) is 0 Å². The van der Waals surface area contributed by atoms with E-state index in [-0.39, 0.29) is 10.3 Å². The van der Waals surface area contributed by atoms with Crippen LogP contribution in [0.4, 0.5) is 4.39 Å². The second kappa shape index (κ2) is 4.31. The van der Waals surface area contributed by atoms with Crippen molar-refractivity contribution in [3.63, 3.8) is 0 Å². The van der Waals surface area contributed by atoms with E-state index >= 15 is 0 Å². The van der Waals surface area contributed by atoms with Crippen LogP contribution in [0.1, 0.15) is 13.3 Å². The highest BCUT2D eigenvalue weighted by atomic mass is 35.7. The van der Waals surface area contributed by atoms with Gasteiger partial charge in [-0.2, -0.15) is 0 Å². The Morgan fingerprint density at radius 2 is 2.12 bits per heavy atom. The van der Waals surface area contributed by atoms with Crippen LogP contribution >= 0.6 is 10.7 Å². The lowest BCUT2D eigenvalue weighted by molar-refractivity contribution is 0.607.